The van der Waals surface area contributed by atoms with Gasteiger partial charge in [-0.25, -0.2) is 0 Å². The minimum absolute atomic E-state index is 0.262. The second-order valence-electron chi connectivity index (χ2n) is 5.88. The number of nitrogens with zero attached hydrogens (tertiary/aromatic N) is 2. The predicted molar refractivity (Wildman–Crippen MR) is 88.5 cm³/mol. The number of aliphatic imine (C=N–C) groups is 1. The lowest BCUT2D eigenvalue weighted by atomic mass is 10.00. The van der Waals surface area contributed by atoms with Crippen LogP contribution in [0, 0.1) is 5.92 Å². The van der Waals surface area contributed by atoms with E-state index in [1.807, 2.05) is 4.90 Å². The molecule has 2 N–H and O–H groups in total. The molecule has 1 unspecified atom stereocenters. The minimum Gasteiger partial charge on any atom is -0.357 e. The van der Waals surface area contributed by atoms with Crippen LogP contribution in [0.4, 0.5) is 0 Å². The fraction of sp³-hybridized carbons (Fsp3) is 0.875. The van der Waals surface area contributed by atoms with Crippen molar-refractivity contribution < 1.29 is 4.79 Å². The van der Waals surface area contributed by atoms with Crippen LogP contribution >= 0.6 is 0 Å². The number of guanidine groups is 1. The Hall–Kier alpha value is -1.26. The molecule has 0 aromatic rings. The highest BCUT2D eigenvalue weighted by molar-refractivity contribution is 5.81. The van der Waals surface area contributed by atoms with Gasteiger partial charge in [0.1, 0.15) is 0 Å². The lowest BCUT2D eigenvalue weighted by Gasteiger charge is -2.31. The van der Waals surface area contributed by atoms with Gasteiger partial charge in [-0.3, -0.25) is 9.79 Å². The largest absolute Gasteiger partial charge is 0.357 e. The Kier molecular flexibility index (Phi) is 8.87. The number of piperidine rings is 1. The summed E-state index contributed by atoms with van der Waals surface area (Å²) >= 11 is 0. The number of amides is 1. The molecule has 1 atom stereocenters. The molecule has 21 heavy (non-hydrogen) atoms. The number of carbonyl (C=O) groups excluding carboxylic acids is 1. The summed E-state index contributed by atoms with van der Waals surface area (Å²) in [4.78, 5) is 18.7. The summed E-state index contributed by atoms with van der Waals surface area (Å²) in [5.74, 6) is 1.73. The first-order chi connectivity index (χ1) is 10.2. The Morgan fingerprint density at radius 3 is 2.81 bits per heavy atom. The molecule has 1 rings (SSSR count). The summed E-state index contributed by atoms with van der Waals surface area (Å²) in [6, 6.07) is 0. The Labute approximate surface area is 129 Å². The Balaban J connectivity index is 2.28. The molecule has 0 aromatic heterocycles. The molecule has 5 nitrogen and oxygen atoms in total. The zero-order chi connectivity index (χ0) is 15.5. The van der Waals surface area contributed by atoms with E-state index in [9.17, 15) is 4.79 Å². The van der Waals surface area contributed by atoms with E-state index in [4.69, 9.17) is 0 Å². The van der Waals surface area contributed by atoms with Crippen LogP contribution in [-0.2, 0) is 4.79 Å². The van der Waals surface area contributed by atoms with E-state index in [1.165, 1.54) is 6.42 Å². The fourth-order valence-electron chi connectivity index (χ4n) is 2.55. The van der Waals surface area contributed by atoms with Crippen LogP contribution < -0.4 is 10.6 Å². The number of hydrogen-bond acceptors (Lipinski definition) is 2. The number of hydrogen-bond donors (Lipinski definition) is 2. The zero-order valence-electron chi connectivity index (χ0n) is 14.0. The third kappa shape index (κ3) is 7.34. The van der Waals surface area contributed by atoms with Gasteiger partial charge in [-0.1, -0.05) is 20.3 Å². The highest BCUT2D eigenvalue weighted by Crippen LogP contribution is 2.15. The van der Waals surface area contributed by atoms with Crippen molar-refractivity contribution >= 4 is 11.9 Å². The summed E-state index contributed by atoms with van der Waals surface area (Å²) < 4.78 is 0. The van der Waals surface area contributed by atoms with Crippen molar-refractivity contribution in [3.05, 3.63) is 0 Å². The molecule has 0 spiro atoms. The third-order valence-corrected chi connectivity index (χ3v) is 3.77. The summed E-state index contributed by atoms with van der Waals surface area (Å²) in [5, 5.41) is 6.47. The van der Waals surface area contributed by atoms with Gasteiger partial charge in [0.2, 0.25) is 5.91 Å². The average Bonchev–Trinajstić information content (AvgIpc) is 2.47. The van der Waals surface area contributed by atoms with Gasteiger partial charge in [-0.2, -0.15) is 0 Å². The summed E-state index contributed by atoms with van der Waals surface area (Å²) in [7, 11) is 0. The molecule has 1 heterocycles. The van der Waals surface area contributed by atoms with Crippen LogP contribution in [0.15, 0.2) is 4.99 Å². The molecule has 5 heteroatoms. The first-order valence-electron chi connectivity index (χ1n) is 8.47. The molecule has 0 saturated carbocycles. The van der Waals surface area contributed by atoms with Crippen LogP contribution in [0.2, 0.25) is 0 Å². The quantitative estimate of drug-likeness (QED) is 0.429. The first-order valence-corrected chi connectivity index (χ1v) is 8.47. The molecule has 0 bridgehead atoms. The Morgan fingerprint density at radius 1 is 1.33 bits per heavy atom. The second kappa shape index (κ2) is 10.5. The molecule has 1 saturated heterocycles. The zero-order valence-corrected chi connectivity index (χ0v) is 14.0. The molecule has 1 aliphatic heterocycles. The molecular formula is C16H32N4O. The van der Waals surface area contributed by atoms with Crippen molar-refractivity contribution in [3.63, 3.8) is 0 Å². The highest BCUT2D eigenvalue weighted by atomic mass is 16.2. The molecule has 122 valence electrons. The maximum Gasteiger partial charge on any atom is 0.224 e. The minimum atomic E-state index is 0.262. The van der Waals surface area contributed by atoms with Gasteiger partial charge in [0, 0.05) is 39.1 Å². The van der Waals surface area contributed by atoms with Crippen LogP contribution in [0.25, 0.3) is 0 Å². The van der Waals surface area contributed by atoms with Gasteiger partial charge >= 0.3 is 0 Å². The highest BCUT2D eigenvalue weighted by Gasteiger charge is 2.20. The molecule has 1 fully saturated rings. The SMILES string of the molecule is CCCCN=C(NCC)NCCC(=O)N1CCCC(C)C1. The number of nitrogens with one attached hydrogen (secondary N) is 2. The standard InChI is InChI=1S/C16H32N4O/c1-4-6-10-18-16(17-5-2)19-11-9-15(21)20-12-7-8-14(3)13-20/h14H,4-13H2,1-3H3,(H2,17,18,19). The van der Waals surface area contributed by atoms with E-state index >= 15 is 0 Å². The first kappa shape index (κ1) is 17.8. The maximum absolute atomic E-state index is 12.2. The lowest BCUT2D eigenvalue weighted by Crippen LogP contribution is -2.42. The van der Waals surface area contributed by atoms with Gasteiger partial charge in [0.05, 0.1) is 0 Å². The third-order valence-electron chi connectivity index (χ3n) is 3.77. The van der Waals surface area contributed by atoms with Gasteiger partial charge in [0.25, 0.3) is 0 Å². The van der Waals surface area contributed by atoms with Crippen molar-refractivity contribution in [2.45, 2.75) is 52.9 Å². The van der Waals surface area contributed by atoms with Crippen molar-refractivity contribution in [2.75, 3.05) is 32.7 Å². The molecular weight excluding hydrogens is 264 g/mol. The number of carbonyl (C=O) groups is 1. The molecule has 0 radical (unpaired) electrons. The van der Waals surface area contributed by atoms with E-state index in [2.05, 4.69) is 36.4 Å². The topological polar surface area (TPSA) is 56.7 Å². The predicted octanol–water partition coefficient (Wildman–Crippen LogP) is 1.99. The maximum atomic E-state index is 12.2. The number of rotatable bonds is 7. The fourth-order valence-corrected chi connectivity index (χ4v) is 2.55. The van der Waals surface area contributed by atoms with Crippen molar-refractivity contribution in [1.82, 2.24) is 15.5 Å². The van der Waals surface area contributed by atoms with Gasteiger partial charge in [-0.05, 0) is 32.1 Å². The van der Waals surface area contributed by atoms with Crippen LogP contribution in [0.5, 0.6) is 0 Å². The van der Waals surface area contributed by atoms with E-state index in [0.717, 1.165) is 51.4 Å². The van der Waals surface area contributed by atoms with Gasteiger partial charge < -0.3 is 15.5 Å². The van der Waals surface area contributed by atoms with E-state index in [0.29, 0.717) is 18.9 Å². The van der Waals surface area contributed by atoms with Crippen LogP contribution in [-0.4, -0.2) is 49.5 Å². The molecule has 1 aliphatic rings. The second-order valence-corrected chi connectivity index (χ2v) is 5.88. The van der Waals surface area contributed by atoms with Crippen LogP contribution in [0.3, 0.4) is 0 Å². The summed E-state index contributed by atoms with van der Waals surface area (Å²) in [6.45, 7) is 10.6. The number of likely N-dealkylation sites (tertiary alicyclic amines) is 1. The van der Waals surface area contributed by atoms with Gasteiger partial charge in [0.15, 0.2) is 5.96 Å². The van der Waals surface area contributed by atoms with Crippen molar-refractivity contribution in [2.24, 2.45) is 10.9 Å². The molecule has 0 aromatic carbocycles. The smallest absolute Gasteiger partial charge is 0.224 e. The van der Waals surface area contributed by atoms with Crippen LogP contribution in [0.1, 0.15) is 52.9 Å². The molecule has 0 aliphatic carbocycles. The van der Waals surface area contributed by atoms with E-state index in [1.54, 1.807) is 0 Å². The van der Waals surface area contributed by atoms with Crippen molar-refractivity contribution in [1.29, 1.82) is 0 Å². The Bertz CT molecular complexity index is 330. The summed E-state index contributed by atoms with van der Waals surface area (Å²) in [6.07, 6.45) is 5.18. The van der Waals surface area contributed by atoms with E-state index < -0.39 is 0 Å². The monoisotopic (exact) mass is 296 g/mol. The van der Waals surface area contributed by atoms with Gasteiger partial charge in [-0.15, -0.1) is 0 Å². The normalized spacial score (nSPS) is 19.5. The average molecular weight is 296 g/mol. The molecule has 1 amide bonds. The summed E-state index contributed by atoms with van der Waals surface area (Å²) in [5.41, 5.74) is 0. The van der Waals surface area contributed by atoms with E-state index in [-0.39, 0.29) is 5.91 Å². The van der Waals surface area contributed by atoms with Crippen molar-refractivity contribution in [3.8, 4) is 0 Å². The lowest BCUT2D eigenvalue weighted by molar-refractivity contribution is -0.132. The number of unbranched alkanes of at least 4 members (excludes halogenated alkanes) is 1. The Morgan fingerprint density at radius 2 is 2.14 bits per heavy atom.